The number of hydrogen-bond acceptors (Lipinski definition) is 1. The van der Waals surface area contributed by atoms with Gasteiger partial charge in [0.05, 0.1) is 11.1 Å². The molecular weight excluding hydrogens is 231 g/mol. The number of nitrogens with one attached hydrogen (secondary N) is 1. The van der Waals surface area contributed by atoms with Gasteiger partial charge in [0.15, 0.2) is 0 Å². The lowest BCUT2D eigenvalue weighted by Crippen LogP contribution is -2.12. The standard InChI is InChI=1S/C14H15FN2O/c15-8-6-10-9-4-2-1-3-5-12(9)17-13(10)11(7-8)14(16)18/h6-7,17H,1-5H2,(H2,16,18). The maximum absolute atomic E-state index is 13.6. The Labute approximate surface area is 104 Å². The molecule has 0 saturated heterocycles. The summed E-state index contributed by atoms with van der Waals surface area (Å²) in [5, 5.41) is 0.820. The fourth-order valence-corrected chi connectivity index (χ4v) is 2.84. The van der Waals surface area contributed by atoms with E-state index >= 15 is 0 Å². The van der Waals surface area contributed by atoms with Crippen LogP contribution in [-0.4, -0.2) is 10.9 Å². The summed E-state index contributed by atoms with van der Waals surface area (Å²) in [5.74, 6) is -0.988. The molecule has 1 aliphatic rings. The predicted molar refractivity (Wildman–Crippen MR) is 68.0 cm³/mol. The normalized spacial score (nSPS) is 15.4. The molecule has 0 atom stereocenters. The third kappa shape index (κ3) is 1.68. The summed E-state index contributed by atoms with van der Waals surface area (Å²) in [6.45, 7) is 0. The maximum atomic E-state index is 13.6. The number of primary amides is 1. The van der Waals surface area contributed by atoms with Gasteiger partial charge in [0.1, 0.15) is 5.82 Å². The fraction of sp³-hybridized carbons (Fsp3) is 0.357. The summed E-state index contributed by atoms with van der Waals surface area (Å²) in [7, 11) is 0. The van der Waals surface area contributed by atoms with Crippen LogP contribution in [0.4, 0.5) is 4.39 Å². The van der Waals surface area contributed by atoms with Crippen LogP contribution in [0, 0.1) is 5.82 Å². The van der Waals surface area contributed by atoms with Crippen molar-refractivity contribution in [1.82, 2.24) is 4.98 Å². The minimum atomic E-state index is -0.587. The van der Waals surface area contributed by atoms with Crippen molar-refractivity contribution in [1.29, 1.82) is 0 Å². The fourth-order valence-electron chi connectivity index (χ4n) is 2.84. The molecule has 0 unspecified atom stereocenters. The molecule has 1 heterocycles. The first-order chi connectivity index (χ1) is 8.66. The van der Waals surface area contributed by atoms with Crippen LogP contribution in [0.2, 0.25) is 0 Å². The number of aryl methyl sites for hydroxylation is 2. The number of fused-ring (bicyclic) bond motifs is 3. The van der Waals surface area contributed by atoms with Crippen LogP contribution in [-0.2, 0) is 12.8 Å². The van der Waals surface area contributed by atoms with Crippen LogP contribution in [0.1, 0.15) is 40.9 Å². The van der Waals surface area contributed by atoms with Crippen molar-refractivity contribution >= 4 is 16.8 Å². The highest BCUT2D eigenvalue weighted by molar-refractivity contribution is 6.06. The highest BCUT2D eigenvalue weighted by Gasteiger charge is 2.18. The summed E-state index contributed by atoms with van der Waals surface area (Å²) >= 11 is 0. The largest absolute Gasteiger partial charge is 0.366 e. The summed E-state index contributed by atoms with van der Waals surface area (Å²) in [6, 6.07) is 2.71. The van der Waals surface area contributed by atoms with Gasteiger partial charge in [-0.05, 0) is 43.4 Å². The zero-order valence-electron chi connectivity index (χ0n) is 10.1. The number of benzene rings is 1. The Morgan fingerprint density at radius 1 is 1.22 bits per heavy atom. The smallest absolute Gasteiger partial charge is 0.250 e. The molecular formula is C14H15FN2O. The highest BCUT2D eigenvalue weighted by Crippen LogP contribution is 2.30. The number of carbonyl (C=O) groups excluding carboxylic acids is 1. The SMILES string of the molecule is NC(=O)c1cc(F)cc2c3c([nH]c12)CCCCC3. The van der Waals surface area contributed by atoms with Gasteiger partial charge in [-0.25, -0.2) is 4.39 Å². The molecule has 1 amide bonds. The van der Waals surface area contributed by atoms with Crippen LogP contribution in [0.25, 0.3) is 10.9 Å². The topological polar surface area (TPSA) is 58.9 Å². The number of amides is 1. The van der Waals surface area contributed by atoms with E-state index in [0.717, 1.165) is 42.3 Å². The van der Waals surface area contributed by atoms with E-state index in [9.17, 15) is 9.18 Å². The molecule has 1 aliphatic carbocycles. The van der Waals surface area contributed by atoms with Crippen molar-refractivity contribution in [2.45, 2.75) is 32.1 Å². The van der Waals surface area contributed by atoms with E-state index in [1.54, 1.807) is 0 Å². The van der Waals surface area contributed by atoms with Crippen LogP contribution < -0.4 is 5.73 Å². The monoisotopic (exact) mass is 246 g/mol. The zero-order valence-corrected chi connectivity index (χ0v) is 10.1. The Kier molecular flexibility index (Phi) is 2.58. The van der Waals surface area contributed by atoms with Crippen LogP contribution >= 0.6 is 0 Å². The van der Waals surface area contributed by atoms with Crippen LogP contribution in [0.15, 0.2) is 12.1 Å². The zero-order chi connectivity index (χ0) is 12.7. The minimum absolute atomic E-state index is 0.248. The summed E-state index contributed by atoms with van der Waals surface area (Å²) in [4.78, 5) is 14.6. The van der Waals surface area contributed by atoms with Gasteiger partial charge in [0.2, 0.25) is 0 Å². The molecule has 0 saturated carbocycles. The lowest BCUT2D eigenvalue weighted by Gasteiger charge is -2.01. The summed E-state index contributed by atoms with van der Waals surface area (Å²) < 4.78 is 13.6. The molecule has 3 rings (SSSR count). The van der Waals surface area contributed by atoms with E-state index in [2.05, 4.69) is 4.98 Å². The van der Waals surface area contributed by atoms with Crippen molar-refractivity contribution in [3.63, 3.8) is 0 Å². The van der Waals surface area contributed by atoms with Crippen LogP contribution in [0.5, 0.6) is 0 Å². The van der Waals surface area contributed by atoms with Crippen molar-refractivity contribution in [2.24, 2.45) is 5.73 Å². The van der Waals surface area contributed by atoms with Gasteiger partial charge in [0, 0.05) is 11.1 Å². The number of carbonyl (C=O) groups is 1. The quantitative estimate of drug-likeness (QED) is 0.747. The molecule has 0 fully saturated rings. The Bertz CT molecular complexity index is 630. The lowest BCUT2D eigenvalue weighted by molar-refractivity contribution is 0.100. The number of nitrogens with two attached hydrogens (primary N) is 1. The second-order valence-corrected chi connectivity index (χ2v) is 4.88. The highest BCUT2D eigenvalue weighted by atomic mass is 19.1. The molecule has 94 valence electrons. The van der Waals surface area contributed by atoms with Gasteiger partial charge in [-0.1, -0.05) is 6.42 Å². The Morgan fingerprint density at radius 2 is 2.00 bits per heavy atom. The molecule has 4 heteroatoms. The van der Waals surface area contributed by atoms with Crippen molar-refractivity contribution in [3.05, 3.63) is 34.8 Å². The minimum Gasteiger partial charge on any atom is -0.366 e. The maximum Gasteiger partial charge on any atom is 0.250 e. The van der Waals surface area contributed by atoms with Crippen molar-refractivity contribution in [3.8, 4) is 0 Å². The Balaban J connectivity index is 2.31. The molecule has 0 bridgehead atoms. The molecule has 3 nitrogen and oxygen atoms in total. The molecule has 1 aromatic carbocycles. The van der Waals surface area contributed by atoms with E-state index in [1.807, 2.05) is 0 Å². The average molecular weight is 246 g/mol. The van der Waals surface area contributed by atoms with E-state index in [0.29, 0.717) is 5.52 Å². The average Bonchev–Trinajstić information content (AvgIpc) is 2.53. The summed E-state index contributed by atoms with van der Waals surface area (Å²) in [5.41, 5.74) is 8.54. The summed E-state index contributed by atoms with van der Waals surface area (Å²) in [6.07, 6.45) is 5.35. The molecule has 3 N–H and O–H groups in total. The number of aromatic nitrogens is 1. The van der Waals surface area contributed by atoms with Gasteiger partial charge in [-0.15, -0.1) is 0 Å². The lowest BCUT2D eigenvalue weighted by atomic mass is 10.0. The number of H-pyrrole nitrogens is 1. The Hall–Kier alpha value is -1.84. The third-order valence-corrected chi connectivity index (χ3v) is 3.69. The van der Waals surface area contributed by atoms with E-state index in [1.165, 1.54) is 18.6 Å². The van der Waals surface area contributed by atoms with E-state index in [4.69, 9.17) is 5.73 Å². The second-order valence-electron chi connectivity index (χ2n) is 4.88. The number of halogens is 1. The molecule has 2 aromatic rings. The first-order valence-electron chi connectivity index (χ1n) is 6.29. The van der Waals surface area contributed by atoms with Gasteiger partial charge in [-0.2, -0.15) is 0 Å². The van der Waals surface area contributed by atoms with E-state index in [-0.39, 0.29) is 5.56 Å². The van der Waals surface area contributed by atoms with Gasteiger partial charge < -0.3 is 10.7 Å². The Morgan fingerprint density at radius 3 is 2.78 bits per heavy atom. The molecule has 18 heavy (non-hydrogen) atoms. The van der Waals surface area contributed by atoms with Crippen LogP contribution in [0.3, 0.4) is 0 Å². The first kappa shape index (κ1) is 11.3. The third-order valence-electron chi connectivity index (χ3n) is 3.69. The van der Waals surface area contributed by atoms with E-state index < -0.39 is 11.7 Å². The number of hydrogen-bond donors (Lipinski definition) is 2. The second kappa shape index (κ2) is 4.12. The molecule has 0 aliphatic heterocycles. The number of aromatic amines is 1. The first-order valence-corrected chi connectivity index (χ1v) is 6.29. The van der Waals surface area contributed by atoms with Crippen molar-refractivity contribution in [2.75, 3.05) is 0 Å². The van der Waals surface area contributed by atoms with Gasteiger partial charge in [-0.3, -0.25) is 4.79 Å². The number of rotatable bonds is 1. The molecule has 0 spiro atoms. The van der Waals surface area contributed by atoms with Crippen molar-refractivity contribution < 1.29 is 9.18 Å². The predicted octanol–water partition coefficient (Wildman–Crippen LogP) is 2.67. The molecule has 0 radical (unpaired) electrons. The van der Waals surface area contributed by atoms with Gasteiger partial charge in [0.25, 0.3) is 5.91 Å². The van der Waals surface area contributed by atoms with Gasteiger partial charge >= 0.3 is 0 Å². The molecule has 1 aromatic heterocycles.